The Balaban J connectivity index is 1.75. The Kier molecular flexibility index (Phi) is 5.64. The summed E-state index contributed by atoms with van der Waals surface area (Å²) in [4.78, 5) is 4.77. The highest BCUT2D eigenvalue weighted by Gasteiger charge is 2.29. The van der Waals surface area contributed by atoms with Crippen LogP contribution in [0.5, 0.6) is 5.88 Å². The molecule has 32 heavy (non-hydrogen) atoms. The van der Waals surface area contributed by atoms with E-state index < -0.39 is 6.10 Å². The Morgan fingerprint density at radius 3 is 2.34 bits per heavy atom. The lowest BCUT2D eigenvalue weighted by molar-refractivity contribution is 0.159. The number of methoxy groups -OCH3 is 1. The third-order valence-corrected chi connectivity index (χ3v) is 6.41. The number of hydrogen-bond acceptors (Lipinski definition) is 3. The second-order valence-electron chi connectivity index (χ2n) is 7.83. The molecule has 0 saturated carbocycles. The second kappa shape index (κ2) is 8.73. The van der Waals surface area contributed by atoms with Crippen LogP contribution < -0.4 is 4.74 Å². The maximum Gasteiger partial charge on any atom is 0.217 e. The maximum atomic E-state index is 11.8. The molecular weight excluding hydrogens is 462 g/mol. The number of rotatable bonds is 5. The van der Waals surface area contributed by atoms with Crippen LogP contribution in [0.4, 0.5) is 0 Å². The van der Waals surface area contributed by atoms with E-state index in [2.05, 4.69) is 40.2 Å². The van der Waals surface area contributed by atoms with Gasteiger partial charge in [-0.15, -0.1) is 0 Å². The van der Waals surface area contributed by atoms with Gasteiger partial charge in [-0.3, -0.25) is 0 Å². The summed E-state index contributed by atoms with van der Waals surface area (Å²) in [6.45, 7) is 0. The topological polar surface area (TPSA) is 42.4 Å². The summed E-state index contributed by atoms with van der Waals surface area (Å²) in [6.07, 6.45) is -0.788. The number of ether oxygens (including phenoxy) is 1. The lowest BCUT2D eigenvalue weighted by atomic mass is 9.82. The van der Waals surface area contributed by atoms with Crippen molar-refractivity contribution in [2.75, 3.05) is 7.11 Å². The molecule has 0 unspecified atom stereocenters. The van der Waals surface area contributed by atoms with E-state index in [-0.39, 0.29) is 5.92 Å². The molecule has 4 heteroatoms. The van der Waals surface area contributed by atoms with Crippen LogP contribution in [0.15, 0.2) is 102 Å². The molecule has 5 aromatic rings. The number of aliphatic hydroxyl groups is 1. The van der Waals surface area contributed by atoms with Crippen molar-refractivity contribution in [1.29, 1.82) is 0 Å². The van der Waals surface area contributed by atoms with Crippen molar-refractivity contribution >= 4 is 37.6 Å². The average molecular weight is 484 g/mol. The molecular formula is C28H22BrNO2. The van der Waals surface area contributed by atoms with Crippen molar-refractivity contribution in [3.8, 4) is 5.88 Å². The number of aromatic nitrogens is 1. The monoisotopic (exact) mass is 483 g/mol. The van der Waals surface area contributed by atoms with Gasteiger partial charge in [0, 0.05) is 21.3 Å². The fourth-order valence-corrected chi connectivity index (χ4v) is 4.79. The van der Waals surface area contributed by atoms with Gasteiger partial charge in [-0.25, -0.2) is 4.98 Å². The molecule has 0 fully saturated rings. The number of halogens is 1. The first-order valence-corrected chi connectivity index (χ1v) is 11.3. The zero-order valence-corrected chi connectivity index (χ0v) is 19.2. The Labute approximate surface area is 195 Å². The Morgan fingerprint density at radius 2 is 1.53 bits per heavy atom. The van der Waals surface area contributed by atoms with Gasteiger partial charge < -0.3 is 9.84 Å². The van der Waals surface area contributed by atoms with E-state index in [0.29, 0.717) is 5.88 Å². The molecule has 158 valence electrons. The molecule has 0 bridgehead atoms. The third kappa shape index (κ3) is 3.77. The van der Waals surface area contributed by atoms with Crippen LogP contribution in [0.1, 0.15) is 28.7 Å². The number of fused-ring (bicyclic) bond motifs is 2. The Bertz CT molecular complexity index is 1400. The van der Waals surface area contributed by atoms with E-state index in [9.17, 15) is 5.11 Å². The van der Waals surface area contributed by atoms with Gasteiger partial charge in [-0.05, 0) is 46.2 Å². The largest absolute Gasteiger partial charge is 0.481 e. The predicted octanol–water partition coefficient (Wildman–Crippen LogP) is 7.02. The molecule has 3 nitrogen and oxygen atoms in total. The van der Waals surface area contributed by atoms with Crippen LogP contribution in [0.25, 0.3) is 21.7 Å². The molecule has 0 spiro atoms. The van der Waals surface area contributed by atoms with Crippen molar-refractivity contribution in [3.63, 3.8) is 0 Å². The van der Waals surface area contributed by atoms with Crippen LogP contribution in [0.3, 0.4) is 0 Å². The molecule has 1 N–H and O–H groups in total. The Hall–Kier alpha value is -3.21. The summed E-state index contributed by atoms with van der Waals surface area (Å²) in [7, 11) is 1.63. The van der Waals surface area contributed by atoms with Crippen molar-refractivity contribution in [2.45, 2.75) is 12.0 Å². The van der Waals surface area contributed by atoms with Gasteiger partial charge in [0.1, 0.15) is 0 Å². The second-order valence-corrected chi connectivity index (χ2v) is 8.74. The average Bonchev–Trinajstić information content (AvgIpc) is 2.84. The van der Waals surface area contributed by atoms with Gasteiger partial charge in [0.15, 0.2) is 0 Å². The van der Waals surface area contributed by atoms with E-state index in [1.165, 1.54) is 0 Å². The lowest BCUT2D eigenvalue weighted by Crippen LogP contribution is -2.15. The summed E-state index contributed by atoms with van der Waals surface area (Å²) in [5.41, 5.74) is 3.58. The zero-order valence-electron chi connectivity index (χ0n) is 17.6. The minimum atomic E-state index is -0.788. The first-order chi connectivity index (χ1) is 15.7. The highest BCUT2D eigenvalue weighted by atomic mass is 79.9. The van der Waals surface area contributed by atoms with E-state index in [1.807, 2.05) is 72.8 Å². The first kappa shape index (κ1) is 20.7. The SMILES string of the molecule is COc1nc2ccc(Br)cc2cc1[C@@H](c1ccccc1)[C@H](O)c1cccc2ccccc12. The number of hydrogen-bond donors (Lipinski definition) is 1. The highest BCUT2D eigenvalue weighted by molar-refractivity contribution is 9.10. The summed E-state index contributed by atoms with van der Waals surface area (Å²) in [5, 5.41) is 15.0. The number of nitrogens with zero attached hydrogens (tertiary/aromatic N) is 1. The van der Waals surface area contributed by atoms with Crippen molar-refractivity contribution < 1.29 is 9.84 Å². The Morgan fingerprint density at radius 1 is 0.781 bits per heavy atom. The van der Waals surface area contributed by atoms with Crippen LogP contribution in [-0.2, 0) is 0 Å². The molecule has 0 aliphatic carbocycles. The summed E-state index contributed by atoms with van der Waals surface area (Å²) >= 11 is 3.56. The predicted molar refractivity (Wildman–Crippen MR) is 133 cm³/mol. The molecule has 0 aliphatic heterocycles. The van der Waals surface area contributed by atoms with Crippen molar-refractivity contribution in [3.05, 3.63) is 118 Å². The zero-order chi connectivity index (χ0) is 22.1. The fraction of sp³-hybridized carbons (Fsp3) is 0.107. The molecule has 1 heterocycles. The highest BCUT2D eigenvalue weighted by Crippen LogP contribution is 2.43. The first-order valence-electron chi connectivity index (χ1n) is 10.5. The smallest absolute Gasteiger partial charge is 0.217 e. The molecule has 4 aromatic carbocycles. The van der Waals surface area contributed by atoms with Crippen molar-refractivity contribution in [1.82, 2.24) is 4.98 Å². The molecule has 0 amide bonds. The quantitative estimate of drug-likeness (QED) is 0.291. The van der Waals surface area contributed by atoms with Gasteiger partial charge in [0.05, 0.1) is 18.7 Å². The van der Waals surface area contributed by atoms with Gasteiger partial charge in [0.25, 0.3) is 0 Å². The third-order valence-electron chi connectivity index (χ3n) is 5.91. The van der Waals surface area contributed by atoms with Crippen LogP contribution in [0.2, 0.25) is 0 Å². The van der Waals surface area contributed by atoms with Crippen LogP contribution in [0, 0.1) is 0 Å². The van der Waals surface area contributed by atoms with E-state index in [1.54, 1.807) is 7.11 Å². The summed E-state index contributed by atoms with van der Waals surface area (Å²) < 4.78 is 6.71. The number of aliphatic hydroxyl groups excluding tert-OH is 1. The van der Waals surface area contributed by atoms with E-state index in [4.69, 9.17) is 9.72 Å². The normalized spacial score (nSPS) is 13.2. The summed E-state index contributed by atoms with van der Waals surface area (Å²) in [6, 6.07) is 32.3. The molecule has 0 radical (unpaired) electrons. The fourth-order valence-electron chi connectivity index (χ4n) is 4.41. The molecule has 0 aliphatic rings. The number of pyridine rings is 1. The van der Waals surface area contributed by atoms with E-state index in [0.717, 1.165) is 42.8 Å². The standard InChI is InChI=1S/C28H22BrNO2/c1-32-28-24(17-20-16-21(29)14-15-25(20)30-28)26(19-9-3-2-4-10-19)27(31)23-13-7-11-18-8-5-6-12-22(18)23/h2-17,26-27,31H,1H3/t26-,27-/m1/s1. The van der Waals surface area contributed by atoms with Gasteiger partial charge in [-0.1, -0.05) is 88.7 Å². The van der Waals surface area contributed by atoms with Crippen LogP contribution in [-0.4, -0.2) is 17.2 Å². The minimum Gasteiger partial charge on any atom is -0.481 e. The molecule has 5 rings (SSSR count). The van der Waals surface area contributed by atoms with Crippen molar-refractivity contribution in [2.24, 2.45) is 0 Å². The minimum absolute atomic E-state index is 0.354. The maximum absolute atomic E-state index is 11.8. The summed E-state index contributed by atoms with van der Waals surface area (Å²) in [5.74, 6) is 0.167. The van der Waals surface area contributed by atoms with Gasteiger partial charge in [0.2, 0.25) is 5.88 Å². The molecule has 0 saturated heterocycles. The lowest BCUT2D eigenvalue weighted by Gasteiger charge is -2.27. The van der Waals surface area contributed by atoms with Crippen LogP contribution >= 0.6 is 15.9 Å². The van der Waals surface area contributed by atoms with E-state index >= 15 is 0 Å². The van der Waals surface area contributed by atoms with Gasteiger partial charge >= 0.3 is 0 Å². The number of benzene rings is 4. The molecule has 1 aromatic heterocycles. The van der Waals surface area contributed by atoms with Gasteiger partial charge in [-0.2, -0.15) is 0 Å². The molecule has 2 atom stereocenters.